The van der Waals surface area contributed by atoms with Crippen LogP contribution in [0.1, 0.15) is 10.4 Å². The summed E-state index contributed by atoms with van der Waals surface area (Å²) in [4.78, 5) is 12.2. The maximum absolute atomic E-state index is 12.2. The molecule has 0 aliphatic heterocycles. The molecule has 0 radical (unpaired) electrons. The van der Waals surface area contributed by atoms with Crippen LogP contribution < -0.4 is 14.8 Å². The van der Waals surface area contributed by atoms with E-state index in [9.17, 15) is 4.79 Å². The van der Waals surface area contributed by atoms with Crippen LogP contribution in [0.4, 0.5) is 5.69 Å². The third-order valence-corrected chi connectivity index (χ3v) is 3.80. The maximum Gasteiger partial charge on any atom is 0.255 e. The second-order valence-corrected chi connectivity index (χ2v) is 5.94. The van der Waals surface area contributed by atoms with Crippen LogP contribution in [0, 0.1) is 0 Å². The second kappa shape index (κ2) is 8.92. The minimum absolute atomic E-state index is 0.211. The molecule has 0 aliphatic rings. The highest BCUT2D eigenvalue weighted by Crippen LogP contribution is 2.18. The minimum Gasteiger partial charge on any atom is -0.490 e. The summed E-state index contributed by atoms with van der Waals surface area (Å²) in [5.74, 6) is 1.31. The van der Waals surface area contributed by atoms with Gasteiger partial charge in [-0.2, -0.15) is 0 Å². The van der Waals surface area contributed by atoms with E-state index in [1.54, 1.807) is 48.5 Å². The molecule has 4 nitrogen and oxygen atoms in total. The van der Waals surface area contributed by atoms with Gasteiger partial charge < -0.3 is 14.8 Å². The van der Waals surface area contributed by atoms with E-state index in [0.29, 0.717) is 35.2 Å². The summed E-state index contributed by atoms with van der Waals surface area (Å²) in [5.41, 5.74) is 1.19. The van der Waals surface area contributed by atoms with Gasteiger partial charge >= 0.3 is 0 Å². The summed E-state index contributed by atoms with van der Waals surface area (Å²) in [6.45, 7) is 0.889. The number of rotatable bonds is 7. The maximum atomic E-state index is 12.2. The second-order valence-electron chi connectivity index (χ2n) is 5.50. The molecule has 0 unspecified atom stereocenters. The van der Waals surface area contributed by atoms with Crippen molar-refractivity contribution in [3.05, 3.63) is 89.4 Å². The van der Waals surface area contributed by atoms with E-state index in [4.69, 9.17) is 21.1 Å². The van der Waals surface area contributed by atoms with E-state index in [1.807, 2.05) is 30.3 Å². The van der Waals surface area contributed by atoms with Gasteiger partial charge in [0.15, 0.2) is 0 Å². The van der Waals surface area contributed by atoms with Crippen LogP contribution in [0.2, 0.25) is 5.02 Å². The van der Waals surface area contributed by atoms with Crippen molar-refractivity contribution >= 4 is 23.2 Å². The molecule has 0 atom stereocenters. The standard InChI is InChI=1S/C21H18ClNO3/c22-17-6-4-5-16(15-17)21(24)23-18-9-11-20(12-10-18)26-14-13-25-19-7-2-1-3-8-19/h1-12,15H,13-14H2,(H,23,24). The summed E-state index contributed by atoms with van der Waals surface area (Å²) in [5, 5.41) is 3.35. The van der Waals surface area contributed by atoms with Gasteiger partial charge in [0.1, 0.15) is 24.7 Å². The Bertz CT molecular complexity index is 851. The van der Waals surface area contributed by atoms with E-state index in [0.717, 1.165) is 5.75 Å². The lowest BCUT2D eigenvalue weighted by Crippen LogP contribution is -2.12. The summed E-state index contributed by atoms with van der Waals surface area (Å²) < 4.78 is 11.2. The molecule has 0 aliphatic carbocycles. The number of nitrogens with one attached hydrogen (secondary N) is 1. The number of carbonyl (C=O) groups excluding carboxylic acids is 1. The fourth-order valence-electron chi connectivity index (χ4n) is 2.30. The number of amides is 1. The number of para-hydroxylation sites is 1. The van der Waals surface area contributed by atoms with Crippen molar-refractivity contribution in [2.45, 2.75) is 0 Å². The minimum atomic E-state index is -0.211. The predicted octanol–water partition coefficient (Wildman–Crippen LogP) is 5.05. The third-order valence-electron chi connectivity index (χ3n) is 3.56. The van der Waals surface area contributed by atoms with E-state index < -0.39 is 0 Å². The number of anilines is 1. The average molecular weight is 368 g/mol. The lowest BCUT2D eigenvalue weighted by atomic mass is 10.2. The molecule has 0 saturated carbocycles. The molecule has 0 fully saturated rings. The number of benzene rings is 3. The summed E-state index contributed by atoms with van der Waals surface area (Å²) in [6.07, 6.45) is 0. The van der Waals surface area contributed by atoms with Gasteiger partial charge in [0.2, 0.25) is 0 Å². The SMILES string of the molecule is O=C(Nc1ccc(OCCOc2ccccc2)cc1)c1cccc(Cl)c1. The third kappa shape index (κ3) is 5.26. The highest BCUT2D eigenvalue weighted by Gasteiger charge is 2.06. The molecule has 3 aromatic rings. The van der Waals surface area contributed by atoms with Crippen molar-refractivity contribution in [2.24, 2.45) is 0 Å². The van der Waals surface area contributed by atoms with Crippen molar-refractivity contribution in [1.29, 1.82) is 0 Å². The van der Waals surface area contributed by atoms with Crippen LogP contribution >= 0.6 is 11.6 Å². The van der Waals surface area contributed by atoms with E-state index in [1.165, 1.54) is 0 Å². The van der Waals surface area contributed by atoms with Gasteiger partial charge in [-0.3, -0.25) is 4.79 Å². The zero-order valence-corrected chi connectivity index (χ0v) is 14.8. The van der Waals surface area contributed by atoms with Gasteiger partial charge in [-0.1, -0.05) is 35.9 Å². The molecule has 3 rings (SSSR count). The summed E-state index contributed by atoms with van der Waals surface area (Å²) >= 11 is 5.91. The summed E-state index contributed by atoms with van der Waals surface area (Å²) in [7, 11) is 0. The van der Waals surface area contributed by atoms with Crippen LogP contribution in [-0.4, -0.2) is 19.1 Å². The monoisotopic (exact) mass is 367 g/mol. The van der Waals surface area contributed by atoms with Crippen LogP contribution in [0.5, 0.6) is 11.5 Å². The Hall–Kier alpha value is -2.98. The lowest BCUT2D eigenvalue weighted by molar-refractivity contribution is 0.102. The highest BCUT2D eigenvalue weighted by molar-refractivity contribution is 6.31. The fraction of sp³-hybridized carbons (Fsp3) is 0.0952. The molecule has 0 heterocycles. The first-order valence-electron chi connectivity index (χ1n) is 8.18. The molecule has 0 aromatic heterocycles. The van der Waals surface area contributed by atoms with E-state index >= 15 is 0 Å². The van der Waals surface area contributed by atoms with Crippen LogP contribution in [0.3, 0.4) is 0 Å². The number of hydrogen-bond acceptors (Lipinski definition) is 3. The van der Waals surface area contributed by atoms with Gasteiger partial charge in [0, 0.05) is 16.3 Å². The van der Waals surface area contributed by atoms with Crippen molar-refractivity contribution < 1.29 is 14.3 Å². The van der Waals surface area contributed by atoms with Crippen molar-refractivity contribution in [1.82, 2.24) is 0 Å². The van der Waals surface area contributed by atoms with Gasteiger partial charge in [-0.15, -0.1) is 0 Å². The first-order chi connectivity index (χ1) is 12.7. The van der Waals surface area contributed by atoms with Crippen LogP contribution in [-0.2, 0) is 0 Å². The zero-order chi connectivity index (χ0) is 18.2. The number of ether oxygens (including phenoxy) is 2. The number of hydrogen-bond donors (Lipinski definition) is 1. The molecular weight excluding hydrogens is 350 g/mol. The van der Waals surface area contributed by atoms with Gasteiger partial charge in [-0.05, 0) is 54.6 Å². The molecule has 132 valence electrons. The van der Waals surface area contributed by atoms with Crippen LogP contribution in [0.15, 0.2) is 78.9 Å². The molecular formula is C21H18ClNO3. The average Bonchev–Trinajstić information content (AvgIpc) is 2.67. The smallest absolute Gasteiger partial charge is 0.255 e. The van der Waals surface area contributed by atoms with Gasteiger partial charge in [-0.25, -0.2) is 0 Å². The first-order valence-corrected chi connectivity index (χ1v) is 8.56. The molecule has 1 amide bonds. The Morgan fingerprint density at radius 3 is 2.12 bits per heavy atom. The summed E-state index contributed by atoms with van der Waals surface area (Å²) in [6, 6.07) is 23.6. The Kier molecular flexibility index (Phi) is 6.12. The number of carbonyl (C=O) groups is 1. The molecule has 5 heteroatoms. The first kappa shape index (κ1) is 17.8. The Morgan fingerprint density at radius 1 is 0.808 bits per heavy atom. The topological polar surface area (TPSA) is 47.6 Å². The van der Waals surface area contributed by atoms with Crippen molar-refractivity contribution in [3.63, 3.8) is 0 Å². The Morgan fingerprint density at radius 2 is 1.46 bits per heavy atom. The highest BCUT2D eigenvalue weighted by atomic mass is 35.5. The molecule has 0 saturated heterocycles. The van der Waals surface area contributed by atoms with Gasteiger partial charge in [0.25, 0.3) is 5.91 Å². The number of halogens is 1. The lowest BCUT2D eigenvalue weighted by Gasteiger charge is -2.09. The molecule has 0 bridgehead atoms. The van der Waals surface area contributed by atoms with E-state index in [-0.39, 0.29) is 5.91 Å². The van der Waals surface area contributed by atoms with Gasteiger partial charge in [0.05, 0.1) is 0 Å². The predicted molar refractivity (Wildman–Crippen MR) is 103 cm³/mol. The quantitative estimate of drug-likeness (QED) is 0.594. The van der Waals surface area contributed by atoms with Crippen molar-refractivity contribution in [3.8, 4) is 11.5 Å². The molecule has 0 spiro atoms. The van der Waals surface area contributed by atoms with E-state index in [2.05, 4.69) is 5.32 Å². The Balaban J connectivity index is 1.46. The largest absolute Gasteiger partial charge is 0.490 e. The normalized spacial score (nSPS) is 10.2. The molecule has 26 heavy (non-hydrogen) atoms. The fourth-order valence-corrected chi connectivity index (χ4v) is 2.49. The zero-order valence-electron chi connectivity index (χ0n) is 14.0. The van der Waals surface area contributed by atoms with Crippen molar-refractivity contribution in [2.75, 3.05) is 18.5 Å². The molecule has 1 N–H and O–H groups in total. The Labute approximate surface area is 157 Å². The molecule has 3 aromatic carbocycles. The van der Waals surface area contributed by atoms with Crippen LogP contribution in [0.25, 0.3) is 0 Å².